The lowest BCUT2D eigenvalue weighted by atomic mass is 10.1. The topological polar surface area (TPSA) is 71.4 Å². The highest BCUT2D eigenvalue weighted by molar-refractivity contribution is 8.18. The maximum absolute atomic E-state index is 12.9. The first kappa shape index (κ1) is 20.9. The van der Waals surface area contributed by atoms with Crippen LogP contribution in [-0.4, -0.2) is 33.1 Å². The van der Waals surface area contributed by atoms with E-state index in [-0.39, 0.29) is 6.54 Å². The van der Waals surface area contributed by atoms with Crippen molar-refractivity contribution in [2.75, 3.05) is 11.9 Å². The third kappa shape index (κ3) is 4.01. The molecule has 1 aliphatic rings. The van der Waals surface area contributed by atoms with Gasteiger partial charge in [-0.3, -0.25) is 19.3 Å². The van der Waals surface area contributed by atoms with Crippen molar-refractivity contribution in [1.29, 1.82) is 0 Å². The van der Waals surface area contributed by atoms with Gasteiger partial charge < -0.3 is 9.88 Å². The highest BCUT2D eigenvalue weighted by atomic mass is 32.2. The van der Waals surface area contributed by atoms with Crippen LogP contribution >= 0.6 is 11.8 Å². The number of aryl methyl sites for hydroxylation is 2. The molecule has 2 aromatic carbocycles. The number of thioether (sulfide) groups is 1. The molecule has 0 spiro atoms. The number of rotatable bonds is 5. The highest BCUT2D eigenvalue weighted by Gasteiger charge is 2.36. The van der Waals surface area contributed by atoms with Crippen molar-refractivity contribution < 1.29 is 14.4 Å². The van der Waals surface area contributed by atoms with Crippen molar-refractivity contribution in [2.45, 2.75) is 27.3 Å². The largest absolute Gasteiger partial charge is 0.347 e. The fourth-order valence-corrected chi connectivity index (χ4v) is 4.48. The maximum atomic E-state index is 12.9. The zero-order chi connectivity index (χ0) is 22.1. The summed E-state index contributed by atoms with van der Waals surface area (Å²) in [4.78, 5) is 39.2. The van der Waals surface area contributed by atoms with Gasteiger partial charge in [0.2, 0.25) is 5.91 Å². The Hall–Kier alpha value is -3.32. The molecule has 3 amide bonds. The molecular formula is C24H23N3O3S. The fourth-order valence-electron chi connectivity index (χ4n) is 3.65. The van der Waals surface area contributed by atoms with Gasteiger partial charge in [0.25, 0.3) is 11.1 Å². The van der Waals surface area contributed by atoms with Gasteiger partial charge in [0.1, 0.15) is 6.54 Å². The Morgan fingerprint density at radius 2 is 1.87 bits per heavy atom. The third-order valence-corrected chi connectivity index (χ3v) is 6.41. The summed E-state index contributed by atoms with van der Waals surface area (Å²) in [5.74, 6) is -0.848. The molecule has 1 aliphatic heterocycles. The fraction of sp³-hybridized carbons (Fsp3) is 0.208. The van der Waals surface area contributed by atoms with Gasteiger partial charge in [-0.1, -0.05) is 30.3 Å². The van der Waals surface area contributed by atoms with Crippen LogP contribution in [0.25, 0.3) is 17.0 Å². The predicted molar refractivity (Wildman–Crippen MR) is 125 cm³/mol. The lowest BCUT2D eigenvalue weighted by Gasteiger charge is -2.14. The number of amides is 3. The van der Waals surface area contributed by atoms with Crippen LogP contribution in [0.5, 0.6) is 0 Å². The molecule has 2 heterocycles. The van der Waals surface area contributed by atoms with E-state index in [0.717, 1.165) is 50.8 Å². The molecule has 0 radical (unpaired) electrons. The van der Waals surface area contributed by atoms with Gasteiger partial charge in [-0.15, -0.1) is 0 Å². The quantitative estimate of drug-likeness (QED) is 0.578. The molecule has 3 aromatic rings. The van der Waals surface area contributed by atoms with E-state index in [4.69, 9.17) is 0 Å². The van der Waals surface area contributed by atoms with Gasteiger partial charge in [0.15, 0.2) is 0 Å². The molecule has 0 bridgehead atoms. The van der Waals surface area contributed by atoms with Crippen molar-refractivity contribution in [3.05, 3.63) is 70.3 Å². The van der Waals surface area contributed by atoms with Crippen molar-refractivity contribution >= 4 is 51.5 Å². The minimum absolute atomic E-state index is 0.313. The molecule has 0 saturated carbocycles. The number of fused-ring (bicyclic) bond motifs is 1. The Kier molecular flexibility index (Phi) is 5.69. The van der Waals surface area contributed by atoms with E-state index in [9.17, 15) is 14.4 Å². The Bertz CT molecular complexity index is 1240. The highest BCUT2D eigenvalue weighted by Crippen LogP contribution is 2.34. The zero-order valence-corrected chi connectivity index (χ0v) is 18.5. The van der Waals surface area contributed by atoms with E-state index in [0.29, 0.717) is 10.6 Å². The summed E-state index contributed by atoms with van der Waals surface area (Å²) in [6, 6.07) is 13.6. The Balaban J connectivity index is 1.54. The Morgan fingerprint density at radius 3 is 2.65 bits per heavy atom. The number of para-hydroxylation sites is 1. The number of nitrogens with one attached hydrogen (secondary N) is 1. The van der Waals surface area contributed by atoms with Crippen LogP contribution in [0.2, 0.25) is 0 Å². The van der Waals surface area contributed by atoms with Gasteiger partial charge >= 0.3 is 0 Å². The molecule has 0 aliphatic carbocycles. The summed E-state index contributed by atoms with van der Waals surface area (Å²) in [6.45, 7) is 6.42. The molecule has 0 atom stereocenters. The number of anilines is 1. The molecule has 31 heavy (non-hydrogen) atoms. The van der Waals surface area contributed by atoms with Crippen molar-refractivity contribution in [1.82, 2.24) is 9.47 Å². The Labute approximate surface area is 184 Å². The third-order valence-electron chi connectivity index (χ3n) is 5.50. The van der Waals surface area contributed by atoms with Crippen LogP contribution in [-0.2, 0) is 16.1 Å². The van der Waals surface area contributed by atoms with Crippen LogP contribution in [0, 0.1) is 13.8 Å². The van der Waals surface area contributed by atoms with Gasteiger partial charge in [-0.25, -0.2) is 0 Å². The van der Waals surface area contributed by atoms with Crippen LogP contribution < -0.4 is 5.32 Å². The second kappa shape index (κ2) is 8.43. The number of nitrogens with zero attached hydrogens (tertiary/aromatic N) is 2. The first-order valence-corrected chi connectivity index (χ1v) is 10.9. The first-order valence-electron chi connectivity index (χ1n) is 10.1. The van der Waals surface area contributed by atoms with E-state index in [1.165, 1.54) is 0 Å². The van der Waals surface area contributed by atoms with Crippen LogP contribution in [0.3, 0.4) is 0 Å². The number of hydrogen-bond donors (Lipinski definition) is 1. The molecule has 1 aromatic heterocycles. The van der Waals surface area contributed by atoms with Gasteiger partial charge in [-0.05, 0) is 61.9 Å². The first-order chi connectivity index (χ1) is 14.9. The Morgan fingerprint density at radius 1 is 1.10 bits per heavy atom. The SMILES string of the molecule is CCn1cc(/C=C2\SC(=O)N(CC(=O)Nc3cccc(C)c3C)C2=O)c2ccccc21. The summed E-state index contributed by atoms with van der Waals surface area (Å²) in [7, 11) is 0. The van der Waals surface area contributed by atoms with Crippen LogP contribution in [0.15, 0.2) is 53.6 Å². The lowest BCUT2D eigenvalue weighted by Crippen LogP contribution is -2.36. The summed E-state index contributed by atoms with van der Waals surface area (Å²) in [5.41, 5.74) is 4.64. The van der Waals surface area contributed by atoms with Crippen LogP contribution in [0.1, 0.15) is 23.6 Å². The molecule has 1 fully saturated rings. The van der Waals surface area contributed by atoms with E-state index in [2.05, 4.69) is 16.8 Å². The van der Waals surface area contributed by atoms with E-state index in [1.54, 1.807) is 12.1 Å². The van der Waals surface area contributed by atoms with E-state index in [1.807, 2.05) is 56.4 Å². The zero-order valence-electron chi connectivity index (χ0n) is 17.6. The predicted octanol–water partition coefficient (Wildman–Crippen LogP) is 4.95. The van der Waals surface area contributed by atoms with Crippen molar-refractivity contribution in [3.63, 3.8) is 0 Å². The number of carbonyl (C=O) groups is 3. The number of aromatic nitrogens is 1. The molecule has 1 saturated heterocycles. The summed E-state index contributed by atoms with van der Waals surface area (Å²) < 4.78 is 2.10. The molecule has 7 heteroatoms. The number of hydrogen-bond acceptors (Lipinski definition) is 4. The normalized spacial score (nSPS) is 15.3. The molecule has 4 rings (SSSR count). The minimum Gasteiger partial charge on any atom is -0.347 e. The molecular weight excluding hydrogens is 410 g/mol. The van der Waals surface area contributed by atoms with Gasteiger partial charge in [-0.2, -0.15) is 0 Å². The second-order valence-corrected chi connectivity index (χ2v) is 8.44. The maximum Gasteiger partial charge on any atom is 0.294 e. The standard InChI is InChI=1S/C24H23N3O3S/c1-4-26-13-17(18-9-5-6-11-20(18)26)12-21-23(29)27(24(30)31-21)14-22(28)25-19-10-7-8-15(2)16(19)3/h5-13H,4,14H2,1-3H3,(H,25,28)/b21-12-. The number of benzene rings is 2. The van der Waals surface area contributed by atoms with E-state index < -0.39 is 17.1 Å². The average Bonchev–Trinajstić information content (AvgIpc) is 3.24. The summed E-state index contributed by atoms with van der Waals surface area (Å²) >= 11 is 0.865. The van der Waals surface area contributed by atoms with Crippen molar-refractivity contribution in [2.24, 2.45) is 0 Å². The van der Waals surface area contributed by atoms with Crippen LogP contribution in [0.4, 0.5) is 10.5 Å². The number of imide groups is 1. The van der Waals surface area contributed by atoms with Crippen molar-refractivity contribution in [3.8, 4) is 0 Å². The molecule has 6 nitrogen and oxygen atoms in total. The number of carbonyl (C=O) groups excluding carboxylic acids is 3. The van der Waals surface area contributed by atoms with E-state index >= 15 is 0 Å². The molecule has 1 N–H and O–H groups in total. The smallest absolute Gasteiger partial charge is 0.294 e. The second-order valence-electron chi connectivity index (χ2n) is 7.45. The molecule has 158 valence electrons. The van der Waals surface area contributed by atoms with Gasteiger partial charge in [0, 0.05) is 34.9 Å². The monoisotopic (exact) mass is 433 g/mol. The minimum atomic E-state index is -0.445. The summed E-state index contributed by atoms with van der Waals surface area (Å²) in [6.07, 6.45) is 3.72. The average molecular weight is 434 g/mol. The molecule has 0 unspecified atom stereocenters. The van der Waals surface area contributed by atoms with Gasteiger partial charge in [0.05, 0.1) is 4.91 Å². The lowest BCUT2D eigenvalue weighted by molar-refractivity contribution is -0.127. The summed E-state index contributed by atoms with van der Waals surface area (Å²) in [5, 5.41) is 3.38.